The zero-order valence-corrected chi connectivity index (χ0v) is 14.8. The van der Waals surface area contributed by atoms with Crippen molar-refractivity contribution < 1.29 is 8.81 Å². The number of hydrogen-bond donors (Lipinski definition) is 2. The topological polar surface area (TPSA) is 49.6 Å². The van der Waals surface area contributed by atoms with Crippen LogP contribution in [0.1, 0.15) is 18.2 Å². The molecule has 0 amide bonds. The van der Waals surface area contributed by atoms with E-state index in [0.717, 1.165) is 18.7 Å². The van der Waals surface area contributed by atoms with Crippen LogP contribution in [0.5, 0.6) is 0 Å². The fraction of sp³-hybridized carbons (Fsp3) is 0.312. The van der Waals surface area contributed by atoms with Crippen molar-refractivity contribution in [3.63, 3.8) is 0 Å². The standard InChI is InChI=1S/C16H20FN3O.HI/c1-2-18-16(19-10-9-14-7-5-11-21-14)20-12-13-6-3-4-8-15(13)17;/h3-8,11H,2,9-10,12H2,1H3,(H2,18,19,20);1H. The predicted octanol–water partition coefficient (Wildman–Crippen LogP) is 3.33. The van der Waals surface area contributed by atoms with E-state index < -0.39 is 0 Å². The Hall–Kier alpha value is -1.57. The van der Waals surface area contributed by atoms with Gasteiger partial charge in [-0.15, -0.1) is 24.0 Å². The summed E-state index contributed by atoms with van der Waals surface area (Å²) in [5.41, 5.74) is 0.584. The molecule has 0 unspecified atom stereocenters. The summed E-state index contributed by atoms with van der Waals surface area (Å²) in [5.74, 6) is 1.37. The maximum Gasteiger partial charge on any atom is 0.191 e. The van der Waals surface area contributed by atoms with E-state index in [1.807, 2.05) is 25.1 Å². The van der Waals surface area contributed by atoms with Crippen molar-refractivity contribution in [2.75, 3.05) is 13.1 Å². The lowest BCUT2D eigenvalue weighted by Gasteiger charge is -2.10. The zero-order chi connectivity index (χ0) is 14.9. The normalized spacial score (nSPS) is 10.9. The number of rotatable bonds is 6. The molecular weight excluding hydrogens is 396 g/mol. The van der Waals surface area contributed by atoms with Crippen molar-refractivity contribution in [2.45, 2.75) is 19.9 Å². The first-order valence-electron chi connectivity index (χ1n) is 7.07. The summed E-state index contributed by atoms with van der Waals surface area (Å²) >= 11 is 0. The first kappa shape index (κ1) is 18.5. The van der Waals surface area contributed by atoms with E-state index in [1.54, 1.807) is 18.4 Å². The minimum absolute atomic E-state index is 0. The molecule has 0 bridgehead atoms. The van der Waals surface area contributed by atoms with Crippen molar-refractivity contribution in [1.29, 1.82) is 0 Å². The van der Waals surface area contributed by atoms with Crippen LogP contribution in [0, 0.1) is 5.82 Å². The molecule has 0 aliphatic rings. The van der Waals surface area contributed by atoms with Gasteiger partial charge in [0, 0.05) is 25.1 Å². The van der Waals surface area contributed by atoms with Gasteiger partial charge in [-0.25, -0.2) is 9.38 Å². The van der Waals surface area contributed by atoms with Gasteiger partial charge in [-0.1, -0.05) is 18.2 Å². The van der Waals surface area contributed by atoms with E-state index in [-0.39, 0.29) is 29.8 Å². The number of nitrogens with zero attached hydrogens (tertiary/aromatic N) is 1. The first-order chi connectivity index (χ1) is 10.3. The third-order valence-corrected chi connectivity index (χ3v) is 2.95. The van der Waals surface area contributed by atoms with Gasteiger partial charge in [-0.05, 0) is 25.1 Å². The van der Waals surface area contributed by atoms with E-state index in [0.29, 0.717) is 24.6 Å². The van der Waals surface area contributed by atoms with Crippen LogP contribution < -0.4 is 10.6 Å². The molecule has 0 fully saturated rings. The van der Waals surface area contributed by atoms with Crippen molar-refractivity contribution in [3.8, 4) is 0 Å². The lowest BCUT2D eigenvalue weighted by molar-refractivity contribution is 0.507. The molecule has 0 aliphatic carbocycles. The van der Waals surface area contributed by atoms with Gasteiger partial charge in [0.15, 0.2) is 5.96 Å². The van der Waals surface area contributed by atoms with Crippen LogP contribution in [0.2, 0.25) is 0 Å². The summed E-state index contributed by atoms with van der Waals surface area (Å²) < 4.78 is 18.8. The van der Waals surface area contributed by atoms with Crippen LogP contribution in [0.25, 0.3) is 0 Å². The molecule has 0 aliphatic heterocycles. The minimum Gasteiger partial charge on any atom is -0.469 e. The highest BCUT2D eigenvalue weighted by atomic mass is 127. The lowest BCUT2D eigenvalue weighted by atomic mass is 10.2. The first-order valence-corrected chi connectivity index (χ1v) is 7.07. The van der Waals surface area contributed by atoms with E-state index >= 15 is 0 Å². The van der Waals surface area contributed by atoms with Gasteiger partial charge in [0.25, 0.3) is 0 Å². The Kier molecular flexibility index (Phi) is 8.57. The van der Waals surface area contributed by atoms with Crippen LogP contribution >= 0.6 is 24.0 Å². The maximum atomic E-state index is 13.5. The molecule has 2 N–H and O–H groups in total. The second kappa shape index (κ2) is 10.2. The highest BCUT2D eigenvalue weighted by Crippen LogP contribution is 2.07. The number of guanidine groups is 1. The number of aliphatic imine (C=N–C) groups is 1. The Balaban J connectivity index is 0.00000242. The molecule has 0 radical (unpaired) electrons. The number of furan rings is 1. The highest BCUT2D eigenvalue weighted by molar-refractivity contribution is 14.0. The van der Waals surface area contributed by atoms with E-state index in [9.17, 15) is 4.39 Å². The third kappa shape index (κ3) is 6.05. The molecule has 6 heteroatoms. The maximum absolute atomic E-state index is 13.5. The van der Waals surface area contributed by atoms with Gasteiger partial charge in [-0.2, -0.15) is 0 Å². The molecule has 4 nitrogen and oxygen atoms in total. The summed E-state index contributed by atoms with van der Waals surface area (Å²) in [6, 6.07) is 10.5. The second-order valence-electron chi connectivity index (χ2n) is 4.54. The summed E-state index contributed by atoms with van der Waals surface area (Å²) in [6.07, 6.45) is 2.43. The van der Waals surface area contributed by atoms with E-state index in [4.69, 9.17) is 4.42 Å². The summed E-state index contributed by atoms with van der Waals surface area (Å²) in [5, 5.41) is 6.34. The van der Waals surface area contributed by atoms with Gasteiger partial charge < -0.3 is 15.1 Å². The average Bonchev–Trinajstić information content (AvgIpc) is 2.99. The number of nitrogens with one attached hydrogen (secondary N) is 2. The van der Waals surface area contributed by atoms with Crippen LogP contribution in [0.4, 0.5) is 4.39 Å². The van der Waals surface area contributed by atoms with Gasteiger partial charge in [0.2, 0.25) is 0 Å². The fourth-order valence-corrected chi connectivity index (χ4v) is 1.89. The molecule has 1 aromatic heterocycles. The Morgan fingerprint density at radius 3 is 2.68 bits per heavy atom. The van der Waals surface area contributed by atoms with E-state index in [2.05, 4.69) is 15.6 Å². The highest BCUT2D eigenvalue weighted by Gasteiger charge is 2.02. The van der Waals surface area contributed by atoms with Gasteiger partial charge in [0.05, 0.1) is 12.8 Å². The molecule has 0 atom stereocenters. The SMILES string of the molecule is CCNC(=NCc1ccccc1F)NCCc1ccco1.I. The quantitative estimate of drug-likeness (QED) is 0.431. The fourth-order valence-electron chi connectivity index (χ4n) is 1.89. The molecule has 1 heterocycles. The third-order valence-electron chi connectivity index (χ3n) is 2.95. The summed E-state index contributed by atoms with van der Waals surface area (Å²) in [4.78, 5) is 4.39. The minimum atomic E-state index is -0.229. The van der Waals surface area contributed by atoms with Crippen LogP contribution in [0.15, 0.2) is 52.1 Å². The smallest absolute Gasteiger partial charge is 0.191 e. The molecule has 120 valence electrons. The van der Waals surface area contributed by atoms with Crippen LogP contribution in [-0.2, 0) is 13.0 Å². The molecule has 2 rings (SSSR count). The zero-order valence-electron chi connectivity index (χ0n) is 12.5. The van der Waals surface area contributed by atoms with Crippen molar-refractivity contribution in [2.24, 2.45) is 4.99 Å². The summed E-state index contributed by atoms with van der Waals surface area (Å²) in [7, 11) is 0. The van der Waals surface area contributed by atoms with Crippen LogP contribution in [-0.4, -0.2) is 19.0 Å². The molecule has 22 heavy (non-hydrogen) atoms. The van der Waals surface area contributed by atoms with Gasteiger partial charge in [-0.3, -0.25) is 0 Å². The molecule has 0 saturated heterocycles. The number of halogens is 2. The molecule has 1 aromatic carbocycles. The Bertz CT molecular complexity index is 573. The summed E-state index contributed by atoms with van der Waals surface area (Å²) in [6.45, 7) is 3.76. The lowest BCUT2D eigenvalue weighted by Crippen LogP contribution is -2.38. The number of hydrogen-bond acceptors (Lipinski definition) is 2. The Morgan fingerprint density at radius 2 is 2.00 bits per heavy atom. The molecule has 0 saturated carbocycles. The van der Waals surface area contributed by atoms with Crippen molar-refractivity contribution in [1.82, 2.24) is 10.6 Å². The van der Waals surface area contributed by atoms with Crippen molar-refractivity contribution >= 4 is 29.9 Å². The molecule has 2 aromatic rings. The average molecular weight is 417 g/mol. The molecular formula is C16H21FIN3O. The van der Waals surface area contributed by atoms with Crippen molar-refractivity contribution in [3.05, 3.63) is 59.8 Å². The number of benzene rings is 1. The Morgan fingerprint density at radius 1 is 1.18 bits per heavy atom. The predicted molar refractivity (Wildman–Crippen MR) is 97.0 cm³/mol. The molecule has 0 spiro atoms. The second-order valence-corrected chi connectivity index (χ2v) is 4.54. The Labute approximate surface area is 147 Å². The van der Waals surface area contributed by atoms with Gasteiger partial charge in [0.1, 0.15) is 11.6 Å². The monoisotopic (exact) mass is 417 g/mol. The van der Waals surface area contributed by atoms with Gasteiger partial charge >= 0.3 is 0 Å². The largest absolute Gasteiger partial charge is 0.469 e. The van der Waals surface area contributed by atoms with E-state index in [1.165, 1.54) is 6.07 Å². The van der Waals surface area contributed by atoms with Crippen LogP contribution in [0.3, 0.4) is 0 Å².